The Morgan fingerprint density at radius 3 is 2.54 bits per heavy atom. The Morgan fingerprint density at radius 2 is 1.83 bits per heavy atom. The minimum absolute atomic E-state index is 0.0340. The lowest BCUT2D eigenvalue weighted by molar-refractivity contribution is 0.104. The number of Topliss-reactive ketones (excluding diaryl/α,β-unsaturated/α-hetero) is 1. The Labute approximate surface area is 148 Å². The van der Waals surface area contributed by atoms with E-state index in [0.29, 0.717) is 0 Å². The highest BCUT2D eigenvalue weighted by atomic mass is 35.5. The largest absolute Gasteiger partial charge is 0.288 e. The van der Waals surface area contributed by atoms with Gasteiger partial charge in [-0.3, -0.25) is 9.78 Å². The third kappa shape index (κ3) is 3.16. The Hall–Kier alpha value is -2.67. The van der Waals surface area contributed by atoms with Crippen molar-refractivity contribution in [2.45, 2.75) is 0 Å². The van der Waals surface area contributed by atoms with Crippen LogP contribution in [0.4, 0.5) is 0 Å². The van der Waals surface area contributed by atoms with Crippen LogP contribution in [0.5, 0.6) is 0 Å². The SMILES string of the molecule is N#C/C(=C/c1ccc2ncccc2c1)C(=O)c1c(Cl)cccc1Cl. The fourth-order valence-electron chi connectivity index (χ4n) is 2.35. The second-order valence-corrected chi connectivity index (χ2v) is 5.87. The van der Waals surface area contributed by atoms with Gasteiger partial charge in [-0.15, -0.1) is 0 Å². The highest BCUT2D eigenvalue weighted by Crippen LogP contribution is 2.27. The van der Waals surface area contributed by atoms with E-state index in [-0.39, 0.29) is 21.2 Å². The fourth-order valence-corrected chi connectivity index (χ4v) is 2.92. The molecule has 0 saturated carbocycles. The van der Waals surface area contributed by atoms with Crippen LogP contribution in [0, 0.1) is 11.3 Å². The van der Waals surface area contributed by atoms with Gasteiger partial charge in [0, 0.05) is 11.6 Å². The molecule has 0 unspecified atom stereocenters. The van der Waals surface area contributed by atoms with Gasteiger partial charge in [-0.25, -0.2) is 0 Å². The number of fused-ring (bicyclic) bond motifs is 1. The molecular formula is C19H10Cl2N2O. The normalized spacial score (nSPS) is 11.3. The van der Waals surface area contributed by atoms with Gasteiger partial charge >= 0.3 is 0 Å². The van der Waals surface area contributed by atoms with Crippen molar-refractivity contribution in [2.75, 3.05) is 0 Å². The summed E-state index contributed by atoms with van der Waals surface area (Å²) in [5, 5.41) is 10.7. The van der Waals surface area contributed by atoms with E-state index < -0.39 is 5.78 Å². The summed E-state index contributed by atoms with van der Waals surface area (Å²) in [6, 6.07) is 16.0. The second-order valence-electron chi connectivity index (χ2n) is 5.05. The lowest BCUT2D eigenvalue weighted by atomic mass is 10.0. The lowest BCUT2D eigenvalue weighted by Crippen LogP contribution is -2.04. The van der Waals surface area contributed by atoms with Gasteiger partial charge in [0.05, 0.1) is 21.1 Å². The van der Waals surface area contributed by atoms with E-state index in [0.717, 1.165) is 16.5 Å². The van der Waals surface area contributed by atoms with Crippen LogP contribution in [0.1, 0.15) is 15.9 Å². The number of benzene rings is 2. The van der Waals surface area contributed by atoms with Crippen molar-refractivity contribution in [2.24, 2.45) is 0 Å². The molecule has 0 aliphatic heterocycles. The van der Waals surface area contributed by atoms with Crippen molar-refractivity contribution in [3.8, 4) is 6.07 Å². The van der Waals surface area contributed by atoms with Crippen molar-refractivity contribution < 1.29 is 4.79 Å². The number of carbonyl (C=O) groups excluding carboxylic acids is 1. The molecule has 2 aromatic carbocycles. The van der Waals surface area contributed by atoms with Crippen LogP contribution in [0.15, 0.2) is 60.3 Å². The number of aromatic nitrogens is 1. The smallest absolute Gasteiger partial charge is 0.206 e. The van der Waals surface area contributed by atoms with Crippen LogP contribution in [0.2, 0.25) is 10.0 Å². The first kappa shape index (κ1) is 16.2. The molecule has 0 aliphatic rings. The number of hydrogen-bond acceptors (Lipinski definition) is 3. The van der Waals surface area contributed by atoms with Gasteiger partial charge in [-0.2, -0.15) is 5.26 Å². The molecule has 0 N–H and O–H groups in total. The highest BCUT2D eigenvalue weighted by Gasteiger charge is 2.18. The predicted octanol–water partition coefficient (Wildman–Crippen LogP) is 5.33. The number of pyridine rings is 1. The van der Waals surface area contributed by atoms with Gasteiger partial charge in [-0.1, -0.05) is 41.4 Å². The molecule has 3 nitrogen and oxygen atoms in total. The minimum atomic E-state index is -0.501. The van der Waals surface area contributed by atoms with E-state index in [9.17, 15) is 10.1 Å². The summed E-state index contributed by atoms with van der Waals surface area (Å²) in [6.45, 7) is 0. The molecule has 1 aromatic heterocycles. The highest BCUT2D eigenvalue weighted by molar-refractivity contribution is 6.41. The molecule has 1 heterocycles. The van der Waals surface area contributed by atoms with Crippen LogP contribution >= 0.6 is 23.2 Å². The standard InChI is InChI=1S/C19H10Cl2N2O/c20-15-4-1-5-16(21)18(15)19(24)14(11-22)10-12-6-7-17-13(9-12)3-2-8-23-17/h1-10H/b14-10-. The number of nitriles is 1. The van der Waals surface area contributed by atoms with E-state index in [1.807, 2.05) is 30.3 Å². The molecule has 5 heteroatoms. The molecule has 0 atom stereocenters. The summed E-state index contributed by atoms with van der Waals surface area (Å²) < 4.78 is 0. The first-order valence-corrected chi connectivity index (χ1v) is 7.81. The van der Waals surface area contributed by atoms with Gasteiger partial charge in [-0.05, 0) is 42.0 Å². The van der Waals surface area contributed by atoms with Gasteiger partial charge in [0.2, 0.25) is 5.78 Å². The second kappa shape index (κ2) is 6.84. The zero-order valence-corrected chi connectivity index (χ0v) is 13.8. The lowest BCUT2D eigenvalue weighted by Gasteiger charge is -2.05. The van der Waals surface area contributed by atoms with E-state index in [2.05, 4.69) is 4.98 Å². The molecule has 116 valence electrons. The first-order valence-electron chi connectivity index (χ1n) is 7.05. The summed E-state index contributed by atoms with van der Waals surface area (Å²) >= 11 is 12.1. The monoisotopic (exact) mass is 352 g/mol. The number of halogens is 2. The molecule has 0 fully saturated rings. The van der Waals surface area contributed by atoms with E-state index in [1.165, 1.54) is 6.08 Å². The van der Waals surface area contributed by atoms with Gasteiger partial charge < -0.3 is 0 Å². The number of carbonyl (C=O) groups is 1. The third-order valence-electron chi connectivity index (χ3n) is 3.49. The molecule has 0 amide bonds. The van der Waals surface area contributed by atoms with Gasteiger partial charge in [0.1, 0.15) is 11.6 Å². The molecule has 0 spiro atoms. The molecule has 3 rings (SSSR count). The average Bonchev–Trinajstić information content (AvgIpc) is 2.59. The summed E-state index contributed by atoms with van der Waals surface area (Å²) in [5.41, 5.74) is 1.67. The molecule has 0 radical (unpaired) electrons. The molecule has 0 saturated heterocycles. The van der Waals surface area contributed by atoms with Gasteiger partial charge in [0.25, 0.3) is 0 Å². The van der Waals surface area contributed by atoms with Gasteiger partial charge in [0.15, 0.2) is 0 Å². The fraction of sp³-hybridized carbons (Fsp3) is 0. The average molecular weight is 353 g/mol. The summed E-state index contributed by atoms with van der Waals surface area (Å²) in [4.78, 5) is 16.9. The van der Waals surface area contributed by atoms with Crippen molar-refractivity contribution in [3.05, 3.63) is 81.5 Å². The maximum absolute atomic E-state index is 12.6. The maximum atomic E-state index is 12.6. The summed E-state index contributed by atoms with van der Waals surface area (Å²) in [5.74, 6) is -0.501. The van der Waals surface area contributed by atoms with Crippen LogP contribution in [0.25, 0.3) is 17.0 Å². The number of allylic oxidation sites excluding steroid dienone is 1. The van der Waals surface area contributed by atoms with E-state index in [1.54, 1.807) is 30.5 Å². The number of nitrogens with zero attached hydrogens (tertiary/aromatic N) is 2. The Kier molecular flexibility index (Phi) is 4.61. The van der Waals surface area contributed by atoms with Crippen molar-refractivity contribution in [3.63, 3.8) is 0 Å². The van der Waals surface area contributed by atoms with Crippen LogP contribution in [-0.2, 0) is 0 Å². The van der Waals surface area contributed by atoms with Crippen LogP contribution < -0.4 is 0 Å². The molecule has 0 bridgehead atoms. The zero-order valence-electron chi connectivity index (χ0n) is 12.3. The predicted molar refractivity (Wildman–Crippen MR) is 96.1 cm³/mol. The number of rotatable bonds is 3. The third-order valence-corrected chi connectivity index (χ3v) is 4.12. The quantitative estimate of drug-likeness (QED) is 0.363. The van der Waals surface area contributed by atoms with Crippen molar-refractivity contribution in [1.29, 1.82) is 5.26 Å². The summed E-state index contributed by atoms with van der Waals surface area (Å²) in [6.07, 6.45) is 3.23. The van der Waals surface area contributed by atoms with Crippen LogP contribution in [-0.4, -0.2) is 10.8 Å². The van der Waals surface area contributed by atoms with Crippen molar-refractivity contribution >= 4 is 46.0 Å². The molecule has 24 heavy (non-hydrogen) atoms. The van der Waals surface area contributed by atoms with Crippen molar-refractivity contribution in [1.82, 2.24) is 4.98 Å². The Balaban J connectivity index is 2.05. The Morgan fingerprint density at radius 1 is 1.08 bits per heavy atom. The van der Waals surface area contributed by atoms with E-state index in [4.69, 9.17) is 23.2 Å². The summed E-state index contributed by atoms with van der Waals surface area (Å²) in [7, 11) is 0. The van der Waals surface area contributed by atoms with Crippen LogP contribution in [0.3, 0.4) is 0 Å². The maximum Gasteiger partial charge on any atom is 0.206 e. The molecular weight excluding hydrogens is 343 g/mol. The minimum Gasteiger partial charge on any atom is -0.288 e. The number of ketones is 1. The van der Waals surface area contributed by atoms with E-state index >= 15 is 0 Å². The topological polar surface area (TPSA) is 53.8 Å². The Bertz CT molecular complexity index is 999. The number of hydrogen-bond donors (Lipinski definition) is 0. The first-order chi connectivity index (χ1) is 11.6. The zero-order chi connectivity index (χ0) is 17.1. The molecule has 0 aliphatic carbocycles. The molecule has 3 aromatic rings.